The summed E-state index contributed by atoms with van der Waals surface area (Å²) in [7, 11) is -4.61. The minimum absolute atomic E-state index is 0. The molecule has 0 rings (SSSR count). The first-order chi connectivity index (χ1) is 2.00. The maximum absolute atomic E-state index is 7.33. The number of hydrogen-bond acceptors (Lipinski definition) is 4. The molecule has 0 aromatic carbocycles. The van der Waals surface area contributed by atoms with Gasteiger partial charge in [0.15, 0.2) is 0 Å². The van der Waals surface area contributed by atoms with Crippen molar-refractivity contribution in [1.82, 2.24) is 0 Å². The van der Waals surface area contributed by atoms with Crippen molar-refractivity contribution in [3.63, 3.8) is 0 Å². The molecule has 7 heteroatoms. The molecule has 0 saturated carbocycles. The Morgan fingerprint density at radius 3 is 0.857 bits per heavy atom. The van der Waals surface area contributed by atoms with Crippen LogP contribution in [0.4, 0.5) is 0 Å². The third-order valence-corrected chi connectivity index (χ3v) is 0. The Morgan fingerprint density at radius 2 is 0.857 bits per heavy atom. The Kier molecular flexibility index (Phi) is 11.8. The van der Waals surface area contributed by atoms with Gasteiger partial charge in [-0.2, -0.15) is 9.90 Å². The van der Waals surface area contributed by atoms with Crippen LogP contribution in [0.25, 0.3) is 0 Å². The zero-order valence-electron chi connectivity index (χ0n) is 3.70. The van der Waals surface area contributed by atoms with Crippen LogP contribution in [-0.4, -0.2) is 28.2 Å². The molecule has 0 spiro atoms. The van der Waals surface area contributed by atoms with Crippen molar-refractivity contribution in [2.75, 3.05) is 0 Å². The molecule has 0 aliphatic rings. The molecule has 7 heavy (non-hydrogen) atoms. The van der Waals surface area contributed by atoms with E-state index in [1.165, 1.54) is 0 Å². The minimum atomic E-state index is -4.61. The summed E-state index contributed by atoms with van der Waals surface area (Å²) in [6.45, 7) is 0. The molecule has 1 unspecified atom stereocenters. The van der Waals surface area contributed by atoms with Crippen molar-refractivity contribution >= 4 is 18.9 Å². The fourth-order valence-corrected chi connectivity index (χ4v) is 0. The van der Waals surface area contributed by atoms with Gasteiger partial charge in [-0.3, -0.25) is 0 Å². The Balaban J connectivity index is -0.0000000800. The molecule has 42 valence electrons. The molecule has 0 aromatic rings. The van der Waals surface area contributed by atoms with E-state index in [0.717, 1.165) is 0 Å². The molecule has 1 atom stereocenters. The monoisotopic (exact) mass is 194 g/mol. The van der Waals surface area contributed by atoms with E-state index < -0.39 is 9.05 Å². The summed E-state index contributed by atoms with van der Waals surface area (Å²) in [5.41, 5.74) is 0. The average Bonchev–Trinajstić information content (AvgIpc) is 0.722. The summed E-state index contributed by atoms with van der Waals surface area (Å²) in [6, 6.07) is 0. The van der Waals surface area contributed by atoms with Crippen LogP contribution < -0.4 is 0 Å². The van der Waals surface area contributed by atoms with Gasteiger partial charge < -0.3 is 19.2 Å². The molecule has 0 aromatic heterocycles. The smallest absolute Gasteiger partial charge is 0.368 e. The SMILES string of the molecule is O[Si](O)(O)O.P.[Zn]. The van der Waals surface area contributed by atoms with E-state index in [9.17, 15) is 0 Å². The number of rotatable bonds is 0. The van der Waals surface area contributed by atoms with E-state index >= 15 is 0 Å². The zero-order valence-corrected chi connectivity index (χ0v) is 9.08. The third-order valence-electron chi connectivity index (χ3n) is 0. The largest absolute Gasteiger partial charge is 0.668 e. The molecule has 0 radical (unpaired) electrons. The van der Waals surface area contributed by atoms with Crippen molar-refractivity contribution in [3.8, 4) is 0 Å². The molecular formula is H7O4PSiZn. The van der Waals surface area contributed by atoms with E-state index in [1.54, 1.807) is 0 Å². The second-order valence-electron chi connectivity index (χ2n) is 0.600. The summed E-state index contributed by atoms with van der Waals surface area (Å²) in [5, 5.41) is 0. The molecule has 0 aliphatic carbocycles. The topological polar surface area (TPSA) is 80.9 Å². The van der Waals surface area contributed by atoms with Crippen LogP contribution >= 0.6 is 9.90 Å². The molecule has 0 saturated heterocycles. The van der Waals surface area contributed by atoms with Gasteiger partial charge >= 0.3 is 9.05 Å². The van der Waals surface area contributed by atoms with Gasteiger partial charge in [-0.25, -0.2) is 0 Å². The van der Waals surface area contributed by atoms with Gasteiger partial charge in [-0.15, -0.1) is 0 Å². The van der Waals surface area contributed by atoms with E-state index in [-0.39, 0.29) is 29.4 Å². The van der Waals surface area contributed by atoms with Gasteiger partial charge in [0, 0.05) is 19.5 Å². The molecule has 0 amide bonds. The summed E-state index contributed by atoms with van der Waals surface area (Å²) in [6.07, 6.45) is 0. The van der Waals surface area contributed by atoms with E-state index in [0.29, 0.717) is 0 Å². The van der Waals surface area contributed by atoms with Crippen molar-refractivity contribution in [3.05, 3.63) is 0 Å². The van der Waals surface area contributed by atoms with E-state index in [4.69, 9.17) is 19.2 Å². The molecule has 4 N–H and O–H groups in total. The fourth-order valence-electron chi connectivity index (χ4n) is 0. The quantitative estimate of drug-likeness (QED) is 0.253. The van der Waals surface area contributed by atoms with Gasteiger partial charge in [0.25, 0.3) is 0 Å². The van der Waals surface area contributed by atoms with Crippen molar-refractivity contribution in [1.29, 1.82) is 0 Å². The maximum atomic E-state index is 7.33. The van der Waals surface area contributed by atoms with E-state index in [2.05, 4.69) is 0 Å². The van der Waals surface area contributed by atoms with Gasteiger partial charge in [-0.05, 0) is 0 Å². The van der Waals surface area contributed by atoms with Crippen LogP contribution in [0.3, 0.4) is 0 Å². The summed E-state index contributed by atoms with van der Waals surface area (Å²) in [4.78, 5) is 29.3. The van der Waals surface area contributed by atoms with Crippen LogP contribution in [0.2, 0.25) is 0 Å². The standard InChI is InChI=1S/H4O4Si.H3P.Zn/c1-5(2,3)4;;/h1-4H;1H3;. The predicted molar refractivity (Wildman–Crippen MR) is 25.7 cm³/mol. The molecule has 0 aliphatic heterocycles. The Morgan fingerprint density at radius 1 is 0.857 bits per heavy atom. The summed E-state index contributed by atoms with van der Waals surface area (Å²) in [5.74, 6) is 0. The van der Waals surface area contributed by atoms with Crippen molar-refractivity contribution < 1.29 is 38.7 Å². The third kappa shape index (κ3) is 151. The van der Waals surface area contributed by atoms with Crippen LogP contribution in [0, 0.1) is 0 Å². The number of hydrogen-bond donors (Lipinski definition) is 4. The van der Waals surface area contributed by atoms with E-state index in [1.807, 2.05) is 0 Å². The first-order valence-corrected chi connectivity index (χ1v) is 2.68. The Bertz CT molecular complexity index is 27.2. The Hall–Kier alpha value is 1.11. The van der Waals surface area contributed by atoms with Crippen LogP contribution in [0.15, 0.2) is 0 Å². The first-order valence-electron chi connectivity index (χ1n) is 0.894. The zero-order chi connectivity index (χ0) is 4.50. The van der Waals surface area contributed by atoms with Gasteiger partial charge in [-0.1, -0.05) is 0 Å². The molecule has 0 bridgehead atoms. The van der Waals surface area contributed by atoms with Gasteiger partial charge in [0.2, 0.25) is 0 Å². The first kappa shape index (κ1) is 15.7. The molecule has 0 fully saturated rings. The maximum Gasteiger partial charge on any atom is 0.668 e. The predicted octanol–water partition coefficient (Wildman–Crippen LogP) is -2.55. The molecule has 4 nitrogen and oxygen atoms in total. The van der Waals surface area contributed by atoms with Crippen molar-refractivity contribution in [2.24, 2.45) is 0 Å². The van der Waals surface area contributed by atoms with Crippen molar-refractivity contribution in [2.45, 2.75) is 0 Å². The van der Waals surface area contributed by atoms with Crippen LogP contribution in [0.1, 0.15) is 0 Å². The normalized spacial score (nSPS) is 8.57. The Labute approximate surface area is 58.1 Å². The second-order valence-corrected chi connectivity index (χ2v) is 1.80. The molecule has 0 heterocycles. The van der Waals surface area contributed by atoms with Crippen LogP contribution in [-0.2, 0) is 19.5 Å². The summed E-state index contributed by atoms with van der Waals surface area (Å²) < 4.78 is 0. The fraction of sp³-hybridized carbons (Fsp3) is 0. The molecular weight excluding hydrogens is 188 g/mol. The summed E-state index contributed by atoms with van der Waals surface area (Å²) >= 11 is 0. The second kappa shape index (κ2) is 5.25. The minimum Gasteiger partial charge on any atom is -0.368 e. The van der Waals surface area contributed by atoms with Gasteiger partial charge in [0.05, 0.1) is 0 Å². The average molecular weight is 196 g/mol. The van der Waals surface area contributed by atoms with Crippen LogP contribution in [0.5, 0.6) is 0 Å². The van der Waals surface area contributed by atoms with Gasteiger partial charge in [0.1, 0.15) is 0 Å².